The molecule has 0 unspecified atom stereocenters. The number of rotatable bonds is 9. The first-order valence-electron chi connectivity index (χ1n) is 10.9. The van der Waals surface area contributed by atoms with Crippen LogP contribution >= 0.6 is 11.8 Å². The van der Waals surface area contributed by atoms with Gasteiger partial charge in [0.15, 0.2) is 11.5 Å². The number of aryl methyl sites for hydroxylation is 1. The molecule has 8 heteroatoms. The van der Waals surface area contributed by atoms with Gasteiger partial charge < -0.3 is 14.8 Å². The topological polar surface area (TPSA) is 84.9 Å². The highest BCUT2D eigenvalue weighted by Crippen LogP contribution is 2.35. The molecule has 0 spiro atoms. The highest BCUT2D eigenvalue weighted by molar-refractivity contribution is 8.18. The van der Waals surface area contributed by atoms with Crippen LogP contribution in [-0.4, -0.2) is 41.2 Å². The number of anilines is 1. The molecule has 0 aromatic heterocycles. The number of carbonyl (C=O) groups excluding carboxylic acids is 3. The maximum Gasteiger partial charge on any atom is 0.294 e. The zero-order valence-corrected chi connectivity index (χ0v) is 20.0. The molecule has 0 saturated carbocycles. The Balaban J connectivity index is 1.70. The van der Waals surface area contributed by atoms with Crippen LogP contribution in [0.2, 0.25) is 0 Å². The number of carbonyl (C=O) groups is 3. The van der Waals surface area contributed by atoms with E-state index in [4.69, 9.17) is 9.47 Å². The molecule has 0 radical (unpaired) electrons. The van der Waals surface area contributed by atoms with Crippen molar-refractivity contribution in [2.75, 3.05) is 18.5 Å². The summed E-state index contributed by atoms with van der Waals surface area (Å²) in [5.74, 6) is 0.243. The molecule has 1 heterocycles. The summed E-state index contributed by atoms with van der Waals surface area (Å²) in [5, 5.41) is 2.25. The van der Waals surface area contributed by atoms with Crippen molar-refractivity contribution in [1.82, 2.24) is 4.90 Å². The van der Waals surface area contributed by atoms with Gasteiger partial charge in [-0.3, -0.25) is 19.3 Å². The molecule has 1 saturated heterocycles. The van der Waals surface area contributed by atoms with E-state index in [1.165, 1.54) is 0 Å². The monoisotopic (exact) mass is 468 g/mol. The SMILES string of the molecule is CCOc1cc(/C=C2/SC(=O)N(CC(=O)Nc3ccc(CC)cc3)C2=O)ccc1OC(C)C. The third-order valence-electron chi connectivity index (χ3n) is 4.75. The van der Waals surface area contributed by atoms with Gasteiger partial charge in [-0.25, -0.2) is 0 Å². The Bertz CT molecular complexity index is 1060. The zero-order valence-electron chi connectivity index (χ0n) is 19.2. The highest BCUT2D eigenvalue weighted by atomic mass is 32.2. The lowest BCUT2D eigenvalue weighted by Crippen LogP contribution is -2.36. The number of benzene rings is 2. The molecular formula is C25H28N2O5S. The summed E-state index contributed by atoms with van der Waals surface area (Å²) in [7, 11) is 0. The summed E-state index contributed by atoms with van der Waals surface area (Å²) in [6, 6.07) is 12.8. The molecule has 1 aliphatic rings. The second-order valence-corrected chi connectivity index (χ2v) is 8.67. The van der Waals surface area contributed by atoms with Crippen LogP contribution in [0.15, 0.2) is 47.4 Å². The second kappa shape index (κ2) is 11.0. The number of ether oxygens (including phenoxy) is 2. The summed E-state index contributed by atoms with van der Waals surface area (Å²) in [5.41, 5.74) is 2.47. The Morgan fingerprint density at radius 2 is 1.82 bits per heavy atom. The predicted molar refractivity (Wildman–Crippen MR) is 131 cm³/mol. The minimum Gasteiger partial charge on any atom is -0.490 e. The van der Waals surface area contributed by atoms with E-state index in [2.05, 4.69) is 5.32 Å². The molecule has 1 aliphatic heterocycles. The van der Waals surface area contributed by atoms with Crippen molar-refractivity contribution in [3.8, 4) is 11.5 Å². The maximum absolute atomic E-state index is 12.8. The van der Waals surface area contributed by atoms with Crippen LogP contribution in [0.3, 0.4) is 0 Å². The number of thioether (sulfide) groups is 1. The van der Waals surface area contributed by atoms with E-state index in [9.17, 15) is 14.4 Å². The molecule has 7 nitrogen and oxygen atoms in total. The van der Waals surface area contributed by atoms with Crippen LogP contribution in [0.4, 0.5) is 10.5 Å². The van der Waals surface area contributed by atoms with Gasteiger partial charge in [-0.2, -0.15) is 0 Å². The smallest absolute Gasteiger partial charge is 0.294 e. The van der Waals surface area contributed by atoms with Crippen molar-refractivity contribution in [1.29, 1.82) is 0 Å². The van der Waals surface area contributed by atoms with Gasteiger partial charge in [0.1, 0.15) is 6.54 Å². The Morgan fingerprint density at radius 3 is 2.45 bits per heavy atom. The molecule has 0 bridgehead atoms. The Kier molecular flexibility index (Phi) is 8.16. The summed E-state index contributed by atoms with van der Waals surface area (Å²) in [6.07, 6.45) is 2.51. The van der Waals surface area contributed by atoms with E-state index in [1.807, 2.05) is 39.8 Å². The zero-order chi connectivity index (χ0) is 24.0. The molecule has 3 amide bonds. The molecule has 2 aromatic carbocycles. The Hall–Kier alpha value is -3.26. The highest BCUT2D eigenvalue weighted by Gasteiger charge is 2.36. The second-order valence-electron chi connectivity index (χ2n) is 7.67. The first kappa shape index (κ1) is 24.4. The summed E-state index contributed by atoms with van der Waals surface area (Å²) in [6.45, 7) is 7.90. The largest absolute Gasteiger partial charge is 0.490 e. The number of nitrogens with one attached hydrogen (secondary N) is 1. The van der Waals surface area contributed by atoms with Gasteiger partial charge in [0.2, 0.25) is 5.91 Å². The molecule has 0 atom stereocenters. The van der Waals surface area contributed by atoms with Crippen LogP contribution in [0.5, 0.6) is 11.5 Å². The molecule has 33 heavy (non-hydrogen) atoms. The van der Waals surface area contributed by atoms with Gasteiger partial charge in [0.05, 0.1) is 17.6 Å². The van der Waals surface area contributed by atoms with Crippen LogP contribution in [0.25, 0.3) is 6.08 Å². The standard InChI is InChI=1S/C25H28N2O5S/c1-5-17-7-10-19(11-8-17)26-23(28)15-27-24(29)22(33-25(27)30)14-18-9-12-20(32-16(3)4)21(13-18)31-6-2/h7-14,16H,5-6,15H2,1-4H3,(H,26,28)/b22-14+. The fraction of sp³-hybridized carbons (Fsp3) is 0.320. The molecule has 174 valence electrons. The van der Waals surface area contributed by atoms with Crippen molar-refractivity contribution in [3.05, 3.63) is 58.5 Å². The number of imide groups is 1. The third kappa shape index (κ3) is 6.38. The van der Waals surface area contributed by atoms with E-state index in [0.717, 1.165) is 28.6 Å². The van der Waals surface area contributed by atoms with E-state index in [1.54, 1.807) is 36.4 Å². The van der Waals surface area contributed by atoms with Gasteiger partial charge in [-0.05, 0) is 80.4 Å². The van der Waals surface area contributed by atoms with Crippen molar-refractivity contribution < 1.29 is 23.9 Å². The average molecular weight is 469 g/mol. The fourth-order valence-electron chi connectivity index (χ4n) is 3.19. The van der Waals surface area contributed by atoms with Gasteiger partial charge in [-0.15, -0.1) is 0 Å². The van der Waals surface area contributed by atoms with E-state index in [0.29, 0.717) is 29.4 Å². The van der Waals surface area contributed by atoms with Crippen LogP contribution in [-0.2, 0) is 16.0 Å². The summed E-state index contributed by atoms with van der Waals surface area (Å²) < 4.78 is 11.4. The number of hydrogen-bond donors (Lipinski definition) is 1. The number of nitrogens with zero attached hydrogens (tertiary/aromatic N) is 1. The minimum atomic E-state index is -0.498. The third-order valence-corrected chi connectivity index (χ3v) is 5.66. The molecule has 3 rings (SSSR count). The van der Waals surface area contributed by atoms with E-state index >= 15 is 0 Å². The fourth-order valence-corrected chi connectivity index (χ4v) is 4.03. The van der Waals surface area contributed by atoms with Gasteiger partial charge in [-0.1, -0.05) is 25.1 Å². The van der Waals surface area contributed by atoms with Crippen molar-refractivity contribution >= 4 is 40.6 Å². The molecule has 0 aliphatic carbocycles. The number of hydrogen-bond acceptors (Lipinski definition) is 6. The number of amides is 3. The van der Waals surface area contributed by atoms with Gasteiger partial charge in [0, 0.05) is 5.69 Å². The normalized spacial score (nSPS) is 14.8. The Morgan fingerprint density at radius 1 is 1.09 bits per heavy atom. The van der Waals surface area contributed by atoms with Gasteiger partial charge in [0.25, 0.3) is 11.1 Å². The van der Waals surface area contributed by atoms with Crippen LogP contribution in [0, 0.1) is 0 Å². The van der Waals surface area contributed by atoms with Crippen LogP contribution < -0.4 is 14.8 Å². The minimum absolute atomic E-state index is 0.0118. The van der Waals surface area contributed by atoms with E-state index < -0.39 is 17.1 Å². The quantitative estimate of drug-likeness (QED) is 0.515. The van der Waals surface area contributed by atoms with Gasteiger partial charge >= 0.3 is 0 Å². The molecule has 1 N–H and O–H groups in total. The Labute approximate surface area is 198 Å². The van der Waals surface area contributed by atoms with E-state index in [-0.39, 0.29) is 17.6 Å². The molecule has 1 fully saturated rings. The molecular weight excluding hydrogens is 440 g/mol. The average Bonchev–Trinajstić information content (AvgIpc) is 3.03. The summed E-state index contributed by atoms with van der Waals surface area (Å²) in [4.78, 5) is 38.8. The molecule has 2 aromatic rings. The van der Waals surface area contributed by atoms with Crippen molar-refractivity contribution in [2.45, 2.75) is 40.2 Å². The van der Waals surface area contributed by atoms with Crippen molar-refractivity contribution in [3.63, 3.8) is 0 Å². The lowest BCUT2D eigenvalue weighted by Gasteiger charge is -2.15. The summed E-state index contributed by atoms with van der Waals surface area (Å²) >= 11 is 0.810. The van der Waals surface area contributed by atoms with Crippen LogP contribution in [0.1, 0.15) is 38.8 Å². The predicted octanol–water partition coefficient (Wildman–Crippen LogP) is 5.11. The first-order chi connectivity index (χ1) is 15.8. The first-order valence-corrected chi connectivity index (χ1v) is 11.7. The maximum atomic E-state index is 12.8. The lowest BCUT2D eigenvalue weighted by molar-refractivity contribution is -0.127. The van der Waals surface area contributed by atoms with Crippen molar-refractivity contribution in [2.24, 2.45) is 0 Å². The lowest BCUT2D eigenvalue weighted by atomic mass is 10.1.